The lowest BCUT2D eigenvalue weighted by atomic mass is 9.78. The molecule has 0 aliphatic carbocycles. The maximum absolute atomic E-state index is 5.97. The van der Waals surface area contributed by atoms with Crippen LogP contribution in [0.25, 0.3) is 0 Å². The summed E-state index contributed by atoms with van der Waals surface area (Å²) in [5.41, 5.74) is 1.47. The van der Waals surface area contributed by atoms with Crippen LogP contribution in [0.15, 0.2) is 24.3 Å². The van der Waals surface area contributed by atoms with Gasteiger partial charge in [0.25, 0.3) is 0 Å². The number of nitrogens with zero attached hydrogens (tertiary/aromatic N) is 1. The van der Waals surface area contributed by atoms with Crippen LogP contribution in [-0.2, 0) is 0 Å². The molecule has 0 radical (unpaired) electrons. The van der Waals surface area contributed by atoms with Crippen molar-refractivity contribution in [2.45, 2.75) is 32.2 Å². The highest BCUT2D eigenvalue weighted by molar-refractivity contribution is 6.30. The molecule has 1 atom stereocenters. The summed E-state index contributed by atoms with van der Waals surface area (Å²) in [6, 6.07) is 8.22. The molecule has 1 saturated heterocycles. The predicted octanol–water partition coefficient (Wildman–Crippen LogP) is 3.55. The van der Waals surface area contributed by atoms with Crippen molar-refractivity contribution in [2.24, 2.45) is 5.92 Å². The van der Waals surface area contributed by atoms with E-state index in [2.05, 4.69) is 36.2 Å². The Balaban J connectivity index is 2.23. The first-order chi connectivity index (χ1) is 8.55. The molecule has 18 heavy (non-hydrogen) atoms. The number of hydrogen-bond acceptors (Lipinski definition) is 2. The Morgan fingerprint density at radius 3 is 2.61 bits per heavy atom. The van der Waals surface area contributed by atoms with Crippen molar-refractivity contribution < 1.29 is 0 Å². The first-order valence-corrected chi connectivity index (χ1v) is 7.11. The van der Waals surface area contributed by atoms with Crippen LogP contribution in [0.2, 0.25) is 5.02 Å². The Kier molecular flexibility index (Phi) is 4.18. The van der Waals surface area contributed by atoms with Crippen molar-refractivity contribution >= 4 is 17.3 Å². The monoisotopic (exact) mass is 266 g/mol. The van der Waals surface area contributed by atoms with Crippen LogP contribution in [0.1, 0.15) is 26.7 Å². The lowest BCUT2D eigenvalue weighted by Crippen LogP contribution is -2.55. The van der Waals surface area contributed by atoms with Crippen LogP contribution in [-0.4, -0.2) is 25.7 Å². The minimum Gasteiger partial charge on any atom is -0.366 e. The number of nitrogens with one attached hydrogen (secondary N) is 1. The fourth-order valence-corrected chi connectivity index (χ4v) is 3.16. The van der Waals surface area contributed by atoms with Crippen molar-refractivity contribution in [3.8, 4) is 0 Å². The Labute approximate surface area is 115 Å². The van der Waals surface area contributed by atoms with Crippen molar-refractivity contribution in [3.05, 3.63) is 29.3 Å². The van der Waals surface area contributed by atoms with Crippen LogP contribution < -0.4 is 10.2 Å². The van der Waals surface area contributed by atoms with Crippen LogP contribution in [0.5, 0.6) is 0 Å². The molecular formula is C15H23ClN2. The number of hydrogen-bond donors (Lipinski definition) is 1. The quantitative estimate of drug-likeness (QED) is 0.900. The SMILES string of the molecule is CNCC1CCCN(c2ccc(Cl)cc2)C1(C)C. The smallest absolute Gasteiger partial charge is 0.0407 e. The first kappa shape index (κ1) is 13.7. The molecule has 1 heterocycles. The van der Waals surface area contributed by atoms with Crippen molar-refractivity contribution in [2.75, 3.05) is 25.0 Å². The lowest BCUT2D eigenvalue weighted by Gasteiger charge is -2.49. The summed E-state index contributed by atoms with van der Waals surface area (Å²) in [6.45, 7) is 6.91. The molecule has 2 rings (SSSR count). The molecule has 1 aliphatic rings. The Hall–Kier alpha value is -0.730. The van der Waals surface area contributed by atoms with E-state index in [1.54, 1.807) is 0 Å². The van der Waals surface area contributed by atoms with E-state index in [0.717, 1.165) is 18.1 Å². The second-order valence-electron chi connectivity index (χ2n) is 5.68. The molecular weight excluding hydrogens is 244 g/mol. The Morgan fingerprint density at radius 2 is 2.00 bits per heavy atom. The van der Waals surface area contributed by atoms with E-state index in [1.807, 2.05) is 19.2 Å². The summed E-state index contributed by atoms with van der Waals surface area (Å²) < 4.78 is 0. The molecule has 0 spiro atoms. The summed E-state index contributed by atoms with van der Waals surface area (Å²) in [5.74, 6) is 0.687. The van der Waals surface area contributed by atoms with E-state index in [1.165, 1.54) is 18.5 Å². The van der Waals surface area contributed by atoms with E-state index in [0.29, 0.717) is 5.92 Å². The van der Waals surface area contributed by atoms with Gasteiger partial charge in [0, 0.05) is 22.8 Å². The van der Waals surface area contributed by atoms with Gasteiger partial charge in [-0.3, -0.25) is 0 Å². The van der Waals surface area contributed by atoms with Gasteiger partial charge in [0.1, 0.15) is 0 Å². The van der Waals surface area contributed by atoms with Gasteiger partial charge in [-0.1, -0.05) is 11.6 Å². The minimum absolute atomic E-state index is 0.190. The van der Waals surface area contributed by atoms with E-state index in [4.69, 9.17) is 11.6 Å². The zero-order valence-corrected chi connectivity index (χ0v) is 12.3. The van der Waals surface area contributed by atoms with Crippen molar-refractivity contribution in [3.63, 3.8) is 0 Å². The van der Waals surface area contributed by atoms with E-state index in [-0.39, 0.29) is 5.54 Å². The van der Waals surface area contributed by atoms with Gasteiger partial charge in [-0.25, -0.2) is 0 Å². The second kappa shape index (κ2) is 5.50. The molecule has 1 unspecified atom stereocenters. The largest absolute Gasteiger partial charge is 0.366 e. The summed E-state index contributed by atoms with van der Waals surface area (Å²) in [4.78, 5) is 2.52. The standard InChI is InChI=1S/C15H23ClN2/c1-15(2)12(11-17-3)5-4-10-18(15)14-8-6-13(16)7-9-14/h6-9,12,17H,4-5,10-11H2,1-3H3. The van der Waals surface area contributed by atoms with Gasteiger partial charge in [0.05, 0.1) is 0 Å². The van der Waals surface area contributed by atoms with Crippen LogP contribution >= 0.6 is 11.6 Å². The molecule has 0 bridgehead atoms. The molecule has 1 aromatic rings. The summed E-state index contributed by atoms with van der Waals surface area (Å²) >= 11 is 5.97. The molecule has 1 fully saturated rings. The highest BCUT2D eigenvalue weighted by Crippen LogP contribution is 2.36. The van der Waals surface area contributed by atoms with Gasteiger partial charge in [-0.2, -0.15) is 0 Å². The van der Waals surface area contributed by atoms with E-state index < -0.39 is 0 Å². The third-order valence-corrected chi connectivity index (χ3v) is 4.47. The number of benzene rings is 1. The molecule has 1 aromatic carbocycles. The van der Waals surface area contributed by atoms with Crippen molar-refractivity contribution in [1.29, 1.82) is 0 Å². The maximum Gasteiger partial charge on any atom is 0.0407 e. The van der Waals surface area contributed by atoms with Crippen LogP contribution in [0.4, 0.5) is 5.69 Å². The van der Waals surface area contributed by atoms with Crippen LogP contribution in [0.3, 0.4) is 0 Å². The first-order valence-electron chi connectivity index (χ1n) is 6.73. The molecule has 1 aliphatic heterocycles. The van der Waals surface area contributed by atoms with Crippen molar-refractivity contribution in [1.82, 2.24) is 5.32 Å². The normalized spacial score (nSPS) is 23.1. The lowest BCUT2D eigenvalue weighted by molar-refractivity contribution is 0.235. The van der Waals surface area contributed by atoms with Gasteiger partial charge in [0.2, 0.25) is 0 Å². The third kappa shape index (κ3) is 2.65. The maximum atomic E-state index is 5.97. The highest BCUT2D eigenvalue weighted by atomic mass is 35.5. The topological polar surface area (TPSA) is 15.3 Å². The zero-order valence-electron chi connectivity index (χ0n) is 11.5. The number of halogens is 1. The molecule has 0 amide bonds. The highest BCUT2D eigenvalue weighted by Gasteiger charge is 2.37. The fraction of sp³-hybridized carbons (Fsp3) is 0.600. The van der Waals surface area contributed by atoms with E-state index >= 15 is 0 Å². The molecule has 100 valence electrons. The molecule has 0 aromatic heterocycles. The summed E-state index contributed by atoms with van der Waals surface area (Å²) in [5, 5.41) is 4.13. The van der Waals surface area contributed by atoms with Crippen LogP contribution in [0, 0.1) is 5.92 Å². The van der Waals surface area contributed by atoms with Gasteiger partial charge >= 0.3 is 0 Å². The molecule has 1 N–H and O–H groups in total. The summed E-state index contributed by atoms with van der Waals surface area (Å²) in [6.07, 6.45) is 2.57. The average Bonchev–Trinajstić information content (AvgIpc) is 2.33. The Bertz CT molecular complexity index is 384. The summed E-state index contributed by atoms with van der Waals surface area (Å²) in [7, 11) is 2.04. The molecule has 2 nitrogen and oxygen atoms in total. The van der Waals surface area contributed by atoms with Gasteiger partial charge in [-0.15, -0.1) is 0 Å². The van der Waals surface area contributed by atoms with Gasteiger partial charge in [0.15, 0.2) is 0 Å². The average molecular weight is 267 g/mol. The van der Waals surface area contributed by atoms with Gasteiger partial charge < -0.3 is 10.2 Å². The minimum atomic E-state index is 0.190. The van der Waals surface area contributed by atoms with E-state index in [9.17, 15) is 0 Å². The molecule has 0 saturated carbocycles. The number of rotatable bonds is 3. The van der Waals surface area contributed by atoms with Gasteiger partial charge in [-0.05, 0) is 70.5 Å². The zero-order chi connectivity index (χ0) is 13.2. The third-order valence-electron chi connectivity index (χ3n) is 4.22. The number of piperidine rings is 1. The Morgan fingerprint density at radius 1 is 1.33 bits per heavy atom. The predicted molar refractivity (Wildman–Crippen MR) is 79.5 cm³/mol. The molecule has 3 heteroatoms. The number of anilines is 1. The second-order valence-corrected chi connectivity index (χ2v) is 6.11. The fourth-order valence-electron chi connectivity index (χ4n) is 3.04.